The predicted octanol–water partition coefficient (Wildman–Crippen LogP) is 1.07. The minimum atomic E-state index is -1.03. The molecule has 0 spiro atoms. The molecule has 9 heteroatoms. The fourth-order valence-corrected chi connectivity index (χ4v) is 4.25. The Hall–Kier alpha value is -4.14. The molecule has 160 valence electrons. The highest BCUT2D eigenvalue weighted by Gasteiger charge is 2.55. The van der Waals surface area contributed by atoms with Crippen molar-refractivity contribution in [2.24, 2.45) is 11.0 Å². The summed E-state index contributed by atoms with van der Waals surface area (Å²) in [6.07, 6.45) is -0.193. The van der Waals surface area contributed by atoms with Crippen LogP contribution in [0.15, 0.2) is 53.6 Å². The van der Waals surface area contributed by atoms with Gasteiger partial charge in [-0.25, -0.2) is 4.90 Å². The Morgan fingerprint density at radius 3 is 2.19 bits per heavy atom. The largest absolute Gasteiger partial charge is 0.296 e. The lowest BCUT2D eigenvalue weighted by Crippen LogP contribution is -2.36. The molecule has 9 nitrogen and oxygen atoms in total. The Bertz CT molecular complexity index is 1200. The lowest BCUT2D eigenvalue weighted by atomic mass is 9.94. The fraction of sp³-hybridized carbons (Fsp3) is 0.217. The zero-order valence-corrected chi connectivity index (χ0v) is 17.1. The van der Waals surface area contributed by atoms with Crippen molar-refractivity contribution in [3.63, 3.8) is 0 Å². The van der Waals surface area contributed by atoms with E-state index in [0.717, 1.165) is 15.4 Å². The Labute approximate surface area is 182 Å². The summed E-state index contributed by atoms with van der Waals surface area (Å²) in [7, 11) is 0. The van der Waals surface area contributed by atoms with Gasteiger partial charge in [-0.15, -0.1) is 0 Å². The molecular weight excluding hydrogens is 412 g/mol. The number of imide groups is 2. The minimum Gasteiger partial charge on any atom is -0.296 e. The first-order valence-corrected chi connectivity index (χ1v) is 10.1. The normalized spacial score (nSPS) is 21.6. The molecule has 3 aliphatic rings. The van der Waals surface area contributed by atoms with Gasteiger partial charge in [-0.2, -0.15) is 5.10 Å². The molecule has 3 heterocycles. The van der Waals surface area contributed by atoms with Crippen LogP contribution in [0, 0.1) is 12.8 Å². The van der Waals surface area contributed by atoms with Crippen molar-refractivity contribution in [2.45, 2.75) is 19.4 Å². The quantitative estimate of drug-likeness (QED) is 0.710. The van der Waals surface area contributed by atoms with Crippen LogP contribution >= 0.6 is 0 Å². The number of carbonyl (C=O) groups is 5. The summed E-state index contributed by atoms with van der Waals surface area (Å²) in [5, 5.41) is 3.95. The summed E-state index contributed by atoms with van der Waals surface area (Å²) in [6, 6.07) is 12.5. The summed E-state index contributed by atoms with van der Waals surface area (Å²) in [5.74, 6) is -3.44. The van der Waals surface area contributed by atoms with Crippen LogP contribution in [-0.2, 0) is 14.4 Å². The predicted molar refractivity (Wildman–Crippen MR) is 113 cm³/mol. The second-order valence-electron chi connectivity index (χ2n) is 7.91. The van der Waals surface area contributed by atoms with Crippen LogP contribution in [0.3, 0.4) is 0 Å². The molecule has 0 radical (unpaired) electrons. The van der Waals surface area contributed by atoms with E-state index in [0.29, 0.717) is 16.8 Å². The van der Waals surface area contributed by atoms with Crippen molar-refractivity contribution in [3.05, 3.63) is 65.2 Å². The summed E-state index contributed by atoms with van der Waals surface area (Å²) in [5.41, 5.74) is 4.57. The Kier molecular flexibility index (Phi) is 4.47. The van der Waals surface area contributed by atoms with Gasteiger partial charge < -0.3 is 0 Å². The van der Waals surface area contributed by atoms with Crippen molar-refractivity contribution in [1.82, 2.24) is 10.3 Å². The minimum absolute atomic E-state index is 0.0560. The molecule has 32 heavy (non-hydrogen) atoms. The number of Topliss-reactive ketones (excluding diaryl/α,β-unsaturated/α-hetero) is 1. The van der Waals surface area contributed by atoms with Gasteiger partial charge in [0.15, 0.2) is 5.78 Å². The molecule has 0 unspecified atom stereocenters. The van der Waals surface area contributed by atoms with Gasteiger partial charge in [0.05, 0.1) is 16.8 Å². The molecule has 2 aromatic carbocycles. The van der Waals surface area contributed by atoms with Crippen LogP contribution in [-0.4, -0.2) is 52.6 Å². The number of hydrazone groups is 1. The van der Waals surface area contributed by atoms with Crippen LogP contribution in [0.5, 0.6) is 0 Å². The van der Waals surface area contributed by atoms with E-state index in [4.69, 9.17) is 0 Å². The smallest absolute Gasteiger partial charge is 0.261 e. The molecule has 1 N–H and O–H groups in total. The molecule has 5 rings (SSSR count). The Morgan fingerprint density at radius 2 is 1.56 bits per heavy atom. The highest BCUT2D eigenvalue weighted by atomic mass is 16.2. The van der Waals surface area contributed by atoms with Gasteiger partial charge >= 0.3 is 0 Å². The van der Waals surface area contributed by atoms with E-state index in [1.54, 1.807) is 48.5 Å². The zero-order chi connectivity index (χ0) is 22.6. The maximum atomic E-state index is 13.0. The van der Waals surface area contributed by atoms with Crippen LogP contribution in [0.2, 0.25) is 0 Å². The molecule has 4 amide bonds. The number of hydrogen-bond acceptors (Lipinski definition) is 7. The standard InChI is InChI=1S/C23H18N4O5/c1-12-6-8-13(9-7-12)27-22(31)17-18(24-25-19(17)23(27)32)16(28)10-11-26-20(29)14-4-2-3-5-15(14)21(26)30/h2-9,17,19,25H,10-11H2,1H3/t17-,19-/m0/s1. The lowest BCUT2D eigenvalue weighted by molar-refractivity contribution is -0.122. The number of nitrogens with one attached hydrogen (secondary N) is 1. The van der Waals surface area contributed by atoms with Crippen molar-refractivity contribution < 1.29 is 24.0 Å². The molecule has 2 atom stereocenters. The number of hydrogen-bond donors (Lipinski definition) is 1. The number of fused-ring (bicyclic) bond motifs is 2. The molecular formula is C23H18N4O5. The molecule has 1 fully saturated rings. The highest BCUT2D eigenvalue weighted by Crippen LogP contribution is 2.31. The van der Waals surface area contributed by atoms with Crippen molar-refractivity contribution in [2.75, 3.05) is 11.4 Å². The van der Waals surface area contributed by atoms with Gasteiger partial charge in [-0.1, -0.05) is 29.8 Å². The van der Waals surface area contributed by atoms with Crippen LogP contribution in [0.25, 0.3) is 0 Å². The number of aryl methyl sites for hydroxylation is 1. The fourth-order valence-electron chi connectivity index (χ4n) is 4.25. The molecule has 0 bridgehead atoms. The third-order valence-electron chi connectivity index (χ3n) is 5.94. The number of carbonyl (C=O) groups excluding carboxylic acids is 5. The Balaban J connectivity index is 1.30. The van der Waals surface area contributed by atoms with Crippen molar-refractivity contribution in [1.29, 1.82) is 0 Å². The summed E-state index contributed by atoms with van der Waals surface area (Å²) in [6.45, 7) is 1.76. The van der Waals surface area contributed by atoms with E-state index in [9.17, 15) is 24.0 Å². The third-order valence-corrected chi connectivity index (χ3v) is 5.94. The SMILES string of the molecule is Cc1ccc(N2C(=O)[C@H]3C(C(=O)CCN4C(=O)c5ccccc5C4=O)=NN[C@@H]3C2=O)cc1. The molecule has 0 aliphatic carbocycles. The van der Waals surface area contributed by atoms with E-state index in [2.05, 4.69) is 10.5 Å². The van der Waals surface area contributed by atoms with E-state index in [-0.39, 0.29) is 18.7 Å². The number of nitrogens with zero attached hydrogens (tertiary/aromatic N) is 3. The van der Waals surface area contributed by atoms with E-state index < -0.39 is 41.4 Å². The average Bonchev–Trinajstić information content (AvgIpc) is 3.41. The van der Waals surface area contributed by atoms with E-state index in [1.165, 1.54) is 0 Å². The van der Waals surface area contributed by atoms with Gasteiger partial charge in [0.1, 0.15) is 17.7 Å². The number of ketones is 1. The molecule has 3 aliphatic heterocycles. The highest BCUT2D eigenvalue weighted by molar-refractivity contribution is 6.48. The number of rotatable bonds is 5. The van der Waals surface area contributed by atoms with Crippen LogP contribution in [0.1, 0.15) is 32.7 Å². The monoisotopic (exact) mass is 430 g/mol. The number of benzene rings is 2. The van der Waals surface area contributed by atoms with Gasteiger partial charge in [0, 0.05) is 13.0 Å². The molecule has 0 aromatic heterocycles. The topological polar surface area (TPSA) is 116 Å². The second-order valence-corrected chi connectivity index (χ2v) is 7.91. The zero-order valence-electron chi connectivity index (χ0n) is 17.1. The first kappa shape index (κ1) is 19.8. The average molecular weight is 430 g/mol. The third kappa shape index (κ3) is 2.85. The van der Waals surface area contributed by atoms with Crippen molar-refractivity contribution >= 4 is 40.8 Å². The van der Waals surface area contributed by atoms with Crippen LogP contribution < -0.4 is 10.3 Å². The van der Waals surface area contributed by atoms with Gasteiger partial charge in [-0.3, -0.25) is 34.3 Å². The second kappa shape index (κ2) is 7.23. The van der Waals surface area contributed by atoms with Gasteiger partial charge in [0.25, 0.3) is 17.7 Å². The van der Waals surface area contributed by atoms with Gasteiger partial charge in [-0.05, 0) is 31.2 Å². The summed E-state index contributed by atoms with van der Waals surface area (Å²) < 4.78 is 0. The first-order chi connectivity index (χ1) is 15.4. The van der Waals surface area contributed by atoms with Gasteiger partial charge in [0.2, 0.25) is 5.91 Å². The maximum Gasteiger partial charge on any atom is 0.261 e. The summed E-state index contributed by atoms with van der Waals surface area (Å²) in [4.78, 5) is 65.7. The lowest BCUT2D eigenvalue weighted by Gasteiger charge is -2.16. The van der Waals surface area contributed by atoms with Crippen molar-refractivity contribution in [3.8, 4) is 0 Å². The number of amides is 4. The molecule has 1 saturated heterocycles. The number of anilines is 1. The maximum absolute atomic E-state index is 13.0. The Morgan fingerprint density at radius 1 is 0.938 bits per heavy atom. The van der Waals surface area contributed by atoms with E-state index >= 15 is 0 Å². The summed E-state index contributed by atoms with van der Waals surface area (Å²) >= 11 is 0. The molecule has 2 aromatic rings. The van der Waals surface area contributed by atoms with Crippen LogP contribution in [0.4, 0.5) is 5.69 Å². The van der Waals surface area contributed by atoms with E-state index in [1.807, 2.05) is 6.92 Å². The molecule has 0 saturated carbocycles. The first-order valence-electron chi connectivity index (χ1n) is 10.1.